The lowest BCUT2D eigenvalue weighted by atomic mass is 10.0. The third kappa shape index (κ3) is 6.97. The number of nitrogens with two attached hydrogens (primary N) is 1. The lowest BCUT2D eigenvalue weighted by molar-refractivity contribution is -0.157. The summed E-state index contributed by atoms with van der Waals surface area (Å²) in [5.74, 6) is -2.11. The van der Waals surface area contributed by atoms with Crippen LogP contribution in [-0.4, -0.2) is 34.4 Å². The molecule has 1 aliphatic carbocycles. The number of amides is 1. The average Bonchev–Trinajstić information content (AvgIpc) is 3.09. The number of hydrogen-bond donors (Lipinski definition) is 1. The first kappa shape index (κ1) is 27.5. The highest BCUT2D eigenvalue weighted by atomic mass is 16.6. The maximum absolute atomic E-state index is 12.8. The molecule has 0 saturated carbocycles. The normalized spacial score (nSPS) is 17.7. The third-order valence-corrected chi connectivity index (χ3v) is 5.84. The summed E-state index contributed by atoms with van der Waals surface area (Å²) in [5.41, 5.74) is 8.50. The van der Waals surface area contributed by atoms with Crippen molar-refractivity contribution in [2.75, 3.05) is 6.61 Å². The fraction of sp³-hybridized carbons (Fsp3) is 0.300. The first-order valence-electron chi connectivity index (χ1n) is 12.2. The van der Waals surface area contributed by atoms with Crippen LogP contribution in [0.25, 0.3) is 10.9 Å². The Kier molecular flexibility index (Phi) is 8.71. The van der Waals surface area contributed by atoms with Crippen LogP contribution in [0.1, 0.15) is 49.7 Å². The van der Waals surface area contributed by atoms with Crippen molar-refractivity contribution in [2.45, 2.75) is 52.7 Å². The van der Waals surface area contributed by atoms with E-state index in [1.807, 2.05) is 34.9 Å². The van der Waals surface area contributed by atoms with Crippen LogP contribution in [0.4, 0.5) is 0 Å². The molecule has 7 nitrogen and oxygen atoms in total. The molecule has 0 bridgehead atoms. The minimum absolute atomic E-state index is 0.171. The zero-order chi connectivity index (χ0) is 27.2. The summed E-state index contributed by atoms with van der Waals surface area (Å²) in [6.45, 7) is 11.0. The van der Waals surface area contributed by atoms with Gasteiger partial charge in [-0.25, -0.2) is 4.79 Å². The Balaban J connectivity index is 1.94. The summed E-state index contributed by atoms with van der Waals surface area (Å²) in [6, 6.07) is 5.27. The van der Waals surface area contributed by atoms with Crippen molar-refractivity contribution in [3.05, 3.63) is 89.7 Å². The predicted octanol–water partition coefficient (Wildman–Crippen LogP) is 5.28. The zero-order valence-corrected chi connectivity index (χ0v) is 21.9. The van der Waals surface area contributed by atoms with Gasteiger partial charge in [-0.15, -0.1) is 0 Å². The molecule has 0 spiro atoms. The number of primary amides is 1. The van der Waals surface area contributed by atoms with Gasteiger partial charge in [-0.3, -0.25) is 9.59 Å². The number of ketones is 1. The number of allylic oxidation sites excluding steroid dienone is 9. The van der Waals surface area contributed by atoms with Gasteiger partial charge in [-0.05, 0) is 63.8 Å². The summed E-state index contributed by atoms with van der Waals surface area (Å²) in [4.78, 5) is 36.9. The second-order valence-electron chi connectivity index (χ2n) is 9.76. The van der Waals surface area contributed by atoms with E-state index in [0.29, 0.717) is 28.9 Å². The highest BCUT2D eigenvalue weighted by Gasteiger charge is 2.26. The minimum Gasteiger partial charge on any atom is -0.481 e. The Morgan fingerprint density at radius 2 is 1.78 bits per heavy atom. The molecule has 1 aromatic carbocycles. The highest BCUT2D eigenvalue weighted by molar-refractivity contribution is 6.45. The number of carbonyl (C=O) groups excluding carboxylic acids is 3. The highest BCUT2D eigenvalue weighted by Crippen LogP contribution is 2.34. The van der Waals surface area contributed by atoms with Crippen molar-refractivity contribution in [3.8, 4) is 5.75 Å². The molecule has 0 atom stereocenters. The van der Waals surface area contributed by atoms with Crippen LogP contribution in [0.2, 0.25) is 0 Å². The quantitative estimate of drug-likeness (QED) is 0.286. The van der Waals surface area contributed by atoms with Gasteiger partial charge in [0.1, 0.15) is 11.4 Å². The van der Waals surface area contributed by atoms with Crippen LogP contribution in [0.15, 0.2) is 78.5 Å². The first-order valence-corrected chi connectivity index (χ1v) is 12.2. The van der Waals surface area contributed by atoms with E-state index in [0.717, 1.165) is 18.4 Å². The Bertz CT molecular complexity index is 1350. The van der Waals surface area contributed by atoms with Gasteiger partial charge in [0.2, 0.25) is 0 Å². The molecule has 1 aliphatic rings. The smallest absolute Gasteiger partial charge is 0.344 e. The molecule has 1 heterocycles. The van der Waals surface area contributed by atoms with Crippen molar-refractivity contribution in [3.63, 3.8) is 0 Å². The van der Waals surface area contributed by atoms with E-state index in [1.165, 1.54) is 5.57 Å². The van der Waals surface area contributed by atoms with Gasteiger partial charge < -0.3 is 19.8 Å². The molecule has 0 aliphatic heterocycles. The number of benzene rings is 1. The molecule has 2 aromatic rings. The first-order chi connectivity index (χ1) is 17.5. The van der Waals surface area contributed by atoms with E-state index in [4.69, 9.17) is 15.2 Å². The Labute approximate surface area is 217 Å². The number of hydrogen-bond acceptors (Lipinski definition) is 5. The number of nitrogens with zero attached hydrogens (tertiary/aromatic N) is 1. The molecule has 2 N–H and O–H groups in total. The molecule has 0 unspecified atom stereocenters. The number of aromatic nitrogens is 1. The summed E-state index contributed by atoms with van der Waals surface area (Å²) in [7, 11) is 0. The number of ether oxygens (including phenoxy) is 2. The van der Waals surface area contributed by atoms with Crippen LogP contribution in [0.5, 0.6) is 5.75 Å². The number of carbonyl (C=O) groups is 3. The lowest BCUT2D eigenvalue weighted by Crippen LogP contribution is -2.27. The maximum Gasteiger partial charge on any atom is 0.344 e. The molecule has 3 rings (SSSR count). The van der Waals surface area contributed by atoms with Gasteiger partial charge in [0.25, 0.3) is 11.7 Å². The molecule has 7 heteroatoms. The molecule has 194 valence electrons. The zero-order valence-electron chi connectivity index (χ0n) is 21.9. The monoisotopic (exact) mass is 502 g/mol. The van der Waals surface area contributed by atoms with Crippen LogP contribution >= 0.6 is 0 Å². The summed E-state index contributed by atoms with van der Waals surface area (Å²) < 4.78 is 13.0. The van der Waals surface area contributed by atoms with E-state index >= 15 is 0 Å². The van der Waals surface area contributed by atoms with Crippen molar-refractivity contribution in [2.24, 2.45) is 5.73 Å². The Morgan fingerprint density at radius 3 is 2.43 bits per heavy atom. The molecule has 37 heavy (non-hydrogen) atoms. The van der Waals surface area contributed by atoms with Crippen LogP contribution < -0.4 is 10.5 Å². The van der Waals surface area contributed by atoms with E-state index in [2.05, 4.69) is 24.8 Å². The van der Waals surface area contributed by atoms with Crippen molar-refractivity contribution in [1.82, 2.24) is 4.57 Å². The van der Waals surface area contributed by atoms with Gasteiger partial charge in [0.15, 0.2) is 6.61 Å². The summed E-state index contributed by atoms with van der Waals surface area (Å²) in [6.07, 6.45) is 15.8. The van der Waals surface area contributed by atoms with Gasteiger partial charge in [0, 0.05) is 12.2 Å². The second-order valence-corrected chi connectivity index (χ2v) is 9.76. The summed E-state index contributed by atoms with van der Waals surface area (Å²) >= 11 is 0. The van der Waals surface area contributed by atoms with E-state index in [-0.39, 0.29) is 12.2 Å². The van der Waals surface area contributed by atoms with Crippen LogP contribution in [0.3, 0.4) is 0 Å². The Hall–Kier alpha value is -4.13. The predicted molar refractivity (Wildman–Crippen MR) is 145 cm³/mol. The van der Waals surface area contributed by atoms with E-state index in [9.17, 15) is 14.4 Å². The molecule has 0 fully saturated rings. The number of Topliss-reactive ketones (excluding diaryl/α,β-unsaturated/α-hetero) is 1. The average molecular weight is 503 g/mol. The second kappa shape index (κ2) is 11.7. The number of rotatable bonds is 9. The van der Waals surface area contributed by atoms with Gasteiger partial charge in [-0.1, -0.05) is 55.2 Å². The minimum atomic E-state index is -1.06. The molecule has 1 amide bonds. The van der Waals surface area contributed by atoms with Gasteiger partial charge >= 0.3 is 5.97 Å². The van der Waals surface area contributed by atoms with Crippen molar-refractivity contribution >= 4 is 28.6 Å². The maximum atomic E-state index is 12.8. The fourth-order valence-corrected chi connectivity index (χ4v) is 4.19. The van der Waals surface area contributed by atoms with Gasteiger partial charge in [-0.2, -0.15) is 0 Å². The third-order valence-electron chi connectivity index (χ3n) is 5.84. The molecular weight excluding hydrogens is 468 g/mol. The molecule has 0 radical (unpaired) electrons. The largest absolute Gasteiger partial charge is 0.481 e. The standard InChI is InChI=1S/C30H34N2O5/c1-6-21-11-7-8-12-22(17-16-21)13-10-18-32-20(2)26(28(34)29(31)35)27-23(32)14-9-15-24(27)36-19-25(33)37-30(3,4)5/h6-15H,1,16-19H2,2-5H3,(H2,31,35)/b8-7-,13-10+,21-11-,22-12-. The van der Waals surface area contributed by atoms with Crippen molar-refractivity contribution < 1.29 is 23.9 Å². The molecule has 0 saturated heterocycles. The Morgan fingerprint density at radius 1 is 1.11 bits per heavy atom. The summed E-state index contributed by atoms with van der Waals surface area (Å²) in [5, 5.41) is 0.439. The van der Waals surface area contributed by atoms with E-state index in [1.54, 1.807) is 39.8 Å². The van der Waals surface area contributed by atoms with Crippen LogP contribution in [0, 0.1) is 6.92 Å². The fourth-order valence-electron chi connectivity index (χ4n) is 4.19. The van der Waals surface area contributed by atoms with E-state index < -0.39 is 23.3 Å². The lowest BCUT2D eigenvalue weighted by Gasteiger charge is -2.19. The van der Waals surface area contributed by atoms with Crippen molar-refractivity contribution in [1.29, 1.82) is 0 Å². The topological polar surface area (TPSA) is 101 Å². The number of fused-ring (bicyclic) bond motifs is 1. The molecular formula is C30H34N2O5. The van der Waals surface area contributed by atoms with Gasteiger partial charge in [0.05, 0.1) is 16.5 Å². The van der Waals surface area contributed by atoms with Crippen LogP contribution in [-0.2, 0) is 20.9 Å². The molecule has 1 aromatic heterocycles. The number of esters is 1. The SMILES string of the molecule is C=C/C1=C/C=C\C=C(\C=C\Cn2c(C)c(C(=O)C(N)=O)c3c(OCC(=O)OC(C)(C)C)cccc32)CC1.